The molecule has 0 aromatic rings. The summed E-state index contributed by atoms with van der Waals surface area (Å²) in [6.07, 6.45) is -2.22. The van der Waals surface area contributed by atoms with Crippen LogP contribution >= 0.6 is 0 Å². The van der Waals surface area contributed by atoms with E-state index < -0.39 is 24.4 Å². The van der Waals surface area contributed by atoms with E-state index in [9.17, 15) is 19.8 Å². The molecule has 4 bridgehead atoms. The van der Waals surface area contributed by atoms with E-state index >= 15 is 0 Å². The number of fused-ring (bicyclic) bond motifs is 4. The summed E-state index contributed by atoms with van der Waals surface area (Å²) >= 11 is 0. The molecule has 4 rings (SSSR count). The van der Waals surface area contributed by atoms with Crippen LogP contribution in [0.3, 0.4) is 0 Å². The van der Waals surface area contributed by atoms with Gasteiger partial charge < -0.3 is 38.6 Å². The van der Waals surface area contributed by atoms with Crippen molar-refractivity contribution < 1.29 is 48.2 Å². The van der Waals surface area contributed by atoms with Gasteiger partial charge in [0.1, 0.15) is 30.5 Å². The number of aliphatic hydroxyl groups excluding tert-OH is 2. The molecule has 6 unspecified atom stereocenters. The molecule has 4 fully saturated rings. The van der Waals surface area contributed by atoms with Crippen LogP contribution in [0.25, 0.3) is 0 Å². The van der Waals surface area contributed by atoms with E-state index in [0.29, 0.717) is 12.8 Å². The van der Waals surface area contributed by atoms with Crippen LogP contribution in [0.5, 0.6) is 0 Å². The molecule has 4 saturated heterocycles. The number of carbonyl (C=O) groups excluding carboxylic acids is 2. The van der Waals surface area contributed by atoms with Gasteiger partial charge in [-0.05, 0) is 12.8 Å². The largest absolute Gasteiger partial charge is 0.469 e. The summed E-state index contributed by atoms with van der Waals surface area (Å²) in [5.41, 5.74) is 0. The maximum atomic E-state index is 11.3. The summed E-state index contributed by atoms with van der Waals surface area (Å²) < 4.78 is 30.4. The third kappa shape index (κ3) is 4.14. The minimum Gasteiger partial charge on any atom is -0.469 e. The Labute approximate surface area is 170 Å². The number of aliphatic hydroxyl groups is 2. The monoisotopic (exact) mass is 420 g/mol. The van der Waals surface area contributed by atoms with Gasteiger partial charge in [0.2, 0.25) is 0 Å². The molecule has 4 aliphatic rings. The molecule has 0 radical (unpaired) electrons. The normalized spacial score (nSPS) is 43.9. The first-order chi connectivity index (χ1) is 13.4. The second kappa shape index (κ2) is 9.67. The molecule has 0 aliphatic carbocycles. The Morgan fingerprint density at radius 1 is 0.759 bits per heavy atom. The fourth-order valence-corrected chi connectivity index (χ4v) is 4.67. The Morgan fingerprint density at radius 3 is 1.69 bits per heavy atom. The van der Waals surface area contributed by atoms with Crippen molar-refractivity contribution in [2.24, 2.45) is 11.8 Å². The molecule has 10 nitrogen and oxygen atoms in total. The SMILES string of the molecule is C.COC(=O)C1CC2O[C@@H]1[C@@H](O)C2OC.COC(=O)C1CC2O[C@@H]1[C@@H](OC)C2O. The Balaban J connectivity index is 0.000000200. The number of hydrogen-bond acceptors (Lipinski definition) is 10. The molecular weight excluding hydrogens is 388 g/mol. The molecule has 29 heavy (non-hydrogen) atoms. The van der Waals surface area contributed by atoms with Crippen molar-refractivity contribution in [3.8, 4) is 0 Å². The summed E-state index contributed by atoms with van der Waals surface area (Å²) in [6.45, 7) is 0. The van der Waals surface area contributed by atoms with Crippen LogP contribution in [0.2, 0.25) is 0 Å². The van der Waals surface area contributed by atoms with Gasteiger partial charge in [-0.1, -0.05) is 7.43 Å². The first-order valence-corrected chi connectivity index (χ1v) is 9.26. The minimum absolute atomic E-state index is 0. The summed E-state index contributed by atoms with van der Waals surface area (Å²) in [5, 5.41) is 19.4. The van der Waals surface area contributed by atoms with Crippen LogP contribution in [0.4, 0.5) is 0 Å². The van der Waals surface area contributed by atoms with Gasteiger partial charge in [-0.15, -0.1) is 0 Å². The second-order valence-electron chi connectivity index (χ2n) is 7.39. The fourth-order valence-electron chi connectivity index (χ4n) is 4.67. The molecule has 0 saturated carbocycles. The van der Waals surface area contributed by atoms with Gasteiger partial charge in [0, 0.05) is 14.2 Å². The lowest BCUT2D eigenvalue weighted by molar-refractivity contribution is -0.151. The highest BCUT2D eigenvalue weighted by molar-refractivity contribution is 5.74. The second-order valence-corrected chi connectivity index (χ2v) is 7.39. The lowest BCUT2D eigenvalue weighted by atomic mass is 9.85. The minimum atomic E-state index is -0.720. The third-order valence-corrected chi connectivity index (χ3v) is 6.06. The fraction of sp³-hybridized carbons (Fsp3) is 0.895. The quantitative estimate of drug-likeness (QED) is 0.562. The number of carbonyl (C=O) groups is 2. The van der Waals surface area contributed by atoms with Crippen molar-refractivity contribution in [1.82, 2.24) is 0 Å². The number of methoxy groups -OCH3 is 4. The van der Waals surface area contributed by atoms with Gasteiger partial charge in [0.15, 0.2) is 0 Å². The van der Waals surface area contributed by atoms with Crippen molar-refractivity contribution in [3.05, 3.63) is 0 Å². The number of esters is 2. The van der Waals surface area contributed by atoms with E-state index in [1.807, 2.05) is 0 Å². The Bertz CT molecular complexity index is 581. The van der Waals surface area contributed by atoms with Crippen LogP contribution in [-0.4, -0.2) is 99.4 Å². The topological polar surface area (TPSA) is 130 Å². The zero-order valence-electron chi connectivity index (χ0n) is 16.3. The molecule has 168 valence electrons. The molecule has 0 aromatic carbocycles. The Kier molecular flexibility index (Phi) is 8.00. The summed E-state index contributed by atoms with van der Waals surface area (Å²) in [6, 6.07) is 0. The molecule has 2 N–H and O–H groups in total. The van der Waals surface area contributed by atoms with E-state index in [-0.39, 0.29) is 55.6 Å². The molecule has 4 aliphatic heterocycles. The van der Waals surface area contributed by atoms with Crippen molar-refractivity contribution in [1.29, 1.82) is 0 Å². The lowest BCUT2D eigenvalue weighted by Gasteiger charge is -2.27. The van der Waals surface area contributed by atoms with E-state index in [0.717, 1.165) is 0 Å². The van der Waals surface area contributed by atoms with Crippen molar-refractivity contribution in [2.45, 2.75) is 69.1 Å². The third-order valence-electron chi connectivity index (χ3n) is 6.06. The molecule has 0 spiro atoms. The number of hydrogen-bond donors (Lipinski definition) is 2. The average Bonchev–Trinajstić information content (AvgIpc) is 3.45. The van der Waals surface area contributed by atoms with Crippen LogP contribution in [0.15, 0.2) is 0 Å². The van der Waals surface area contributed by atoms with Gasteiger partial charge in [0.25, 0.3) is 0 Å². The van der Waals surface area contributed by atoms with Crippen molar-refractivity contribution >= 4 is 11.9 Å². The maximum absolute atomic E-state index is 11.3. The summed E-state index contributed by atoms with van der Waals surface area (Å²) in [5.74, 6) is -1.23. The maximum Gasteiger partial charge on any atom is 0.311 e. The highest BCUT2D eigenvalue weighted by atomic mass is 16.6. The van der Waals surface area contributed by atoms with Gasteiger partial charge >= 0.3 is 11.9 Å². The van der Waals surface area contributed by atoms with Crippen LogP contribution in [0.1, 0.15) is 20.3 Å². The Hall–Kier alpha value is -1.30. The molecule has 10 heteroatoms. The standard InChI is InChI=1S/2C9H14O5.CH4/c1-12-8-5-3-4(9(11)13-2)7(14-5)6(8)10;1-12-8-6(10)5-3-4(7(8)14-5)9(11)13-2;/h2*4-8,10H,3H2,1-2H3;1H4/t4?,5?,6-,7+,8?;4?,5?,6?,7-,8-;/m10./s1. The van der Waals surface area contributed by atoms with Gasteiger partial charge in [-0.3, -0.25) is 9.59 Å². The Morgan fingerprint density at radius 2 is 1.24 bits per heavy atom. The highest BCUT2D eigenvalue weighted by Gasteiger charge is 2.57. The zero-order chi connectivity index (χ0) is 20.6. The molecule has 10 atom stereocenters. The van der Waals surface area contributed by atoms with E-state index in [2.05, 4.69) is 9.47 Å². The van der Waals surface area contributed by atoms with Crippen molar-refractivity contribution in [2.75, 3.05) is 28.4 Å². The average molecular weight is 420 g/mol. The van der Waals surface area contributed by atoms with Gasteiger partial charge in [-0.25, -0.2) is 0 Å². The molecule has 0 aromatic heterocycles. The highest BCUT2D eigenvalue weighted by Crippen LogP contribution is 2.41. The number of ether oxygens (including phenoxy) is 6. The van der Waals surface area contributed by atoms with Crippen LogP contribution in [-0.2, 0) is 38.0 Å². The molecular formula is C19H32O10. The smallest absolute Gasteiger partial charge is 0.311 e. The van der Waals surface area contributed by atoms with Crippen LogP contribution in [0, 0.1) is 11.8 Å². The van der Waals surface area contributed by atoms with Gasteiger partial charge in [-0.2, -0.15) is 0 Å². The zero-order valence-corrected chi connectivity index (χ0v) is 16.3. The predicted molar refractivity (Wildman–Crippen MR) is 97.9 cm³/mol. The predicted octanol–water partition coefficient (Wildman–Crippen LogP) is -0.719. The van der Waals surface area contributed by atoms with Gasteiger partial charge in [0.05, 0.1) is 44.4 Å². The van der Waals surface area contributed by atoms with Crippen LogP contribution < -0.4 is 0 Å². The van der Waals surface area contributed by atoms with E-state index in [4.69, 9.17) is 18.9 Å². The summed E-state index contributed by atoms with van der Waals surface area (Å²) in [4.78, 5) is 22.6. The van der Waals surface area contributed by atoms with E-state index in [1.54, 1.807) is 0 Å². The molecule has 4 heterocycles. The van der Waals surface area contributed by atoms with Crippen molar-refractivity contribution in [3.63, 3.8) is 0 Å². The first kappa shape index (κ1) is 24.0. The van der Waals surface area contributed by atoms with E-state index in [1.165, 1.54) is 28.4 Å². The molecule has 0 amide bonds. The lowest BCUT2D eigenvalue weighted by Crippen LogP contribution is -2.45. The number of rotatable bonds is 4. The summed E-state index contributed by atoms with van der Waals surface area (Å²) in [7, 11) is 5.73. The first-order valence-electron chi connectivity index (χ1n) is 9.26.